The van der Waals surface area contributed by atoms with Gasteiger partial charge in [0.05, 0.1) is 10.9 Å². The molecule has 7 heteroatoms. The molecule has 0 aromatic carbocycles. The Labute approximate surface area is 140 Å². The fourth-order valence-corrected chi connectivity index (χ4v) is 3.51. The summed E-state index contributed by atoms with van der Waals surface area (Å²) in [5, 5.41) is 6.09. The topological polar surface area (TPSA) is 62.5 Å². The second-order valence-corrected chi connectivity index (χ2v) is 6.68. The summed E-state index contributed by atoms with van der Waals surface area (Å²) in [5.74, 6) is 1.53. The third-order valence-electron chi connectivity index (χ3n) is 4.27. The van der Waals surface area contributed by atoms with Gasteiger partial charge in [-0.2, -0.15) is 4.98 Å². The van der Waals surface area contributed by atoms with E-state index in [1.54, 1.807) is 11.3 Å². The molecular formula is C16H22N4O2S. The molecule has 0 spiro atoms. The SMILES string of the molecule is CCC(=O)N1CCCN([C@@H](C)c2nc(-c3cccs3)no2)CC1. The van der Waals surface area contributed by atoms with Crippen LogP contribution in [0.2, 0.25) is 0 Å². The number of thiophene rings is 1. The molecule has 1 atom stereocenters. The summed E-state index contributed by atoms with van der Waals surface area (Å²) in [4.78, 5) is 21.7. The highest BCUT2D eigenvalue weighted by Crippen LogP contribution is 2.25. The van der Waals surface area contributed by atoms with Crippen molar-refractivity contribution in [3.05, 3.63) is 23.4 Å². The molecule has 3 heterocycles. The zero-order chi connectivity index (χ0) is 16.2. The molecule has 1 saturated heterocycles. The first-order valence-corrected chi connectivity index (χ1v) is 8.96. The van der Waals surface area contributed by atoms with E-state index in [1.165, 1.54) is 0 Å². The van der Waals surface area contributed by atoms with Gasteiger partial charge in [-0.3, -0.25) is 9.69 Å². The molecule has 23 heavy (non-hydrogen) atoms. The zero-order valence-corrected chi connectivity index (χ0v) is 14.4. The van der Waals surface area contributed by atoms with Crippen LogP contribution in [0.1, 0.15) is 38.6 Å². The van der Waals surface area contributed by atoms with Gasteiger partial charge < -0.3 is 9.42 Å². The van der Waals surface area contributed by atoms with Gasteiger partial charge >= 0.3 is 0 Å². The second kappa shape index (κ2) is 7.23. The summed E-state index contributed by atoms with van der Waals surface area (Å²) in [5.41, 5.74) is 0. The van der Waals surface area contributed by atoms with Crippen molar-refractivity contribution in [3.63, 3.8) is 0 Å². The Hall–Kier alpha value is -1.73. The van der Waals surface area contributed by atoms with Gasteiger partial charge in [-0.25, -0.2) is 0 Å². The Balaban J connectivity index is 1.66. The molecule has 0 unspecified atom stereocenters. The van der Waals surface area contributed by atoms with Crippen LogP contribution in [0.3, 0.4) is 0 Å². The van der Waals surface area contributed by atoms with E-state index in [1.807, 2.05) is 29.3 Å². The normalized spacial score (nSPS) is 17.9. The summed E-state index contributed by atoms with van der Waals surface area (Å²) >= 11 is 1.60. The highest BCUT2D eigenvalue weighted by molar-refractivity contribution is 7.13. The monoisotopic (exact) mass is 334 g/mol. The quantitative estimate of drug-likeness (QED) is 0.860. The van der Waals surface area contributed by atoms with Gasteiger partial charge in [-0.1, -0.05) is 18.1 Å². The predicted octanol–water partition coefficient (Wildman–Crippen LogP) is 2.80. The minimum atomic E-state index is 0.0629. The molecule has 3 rings (SSSR count). The number of rotatable bonds is 4. The standard InChI is InChI=1S/C16H22N4O2S/c1-3-14(21)20-8-5-7-19(9-10-20)12(2)16-17-15(18-22-16)13-6-4-11-23-13/h4,6,11-12H,3,5,7-10H2,1-2H3/t12-/m0/s1. The Bertz CT molecular complexity index is 640. The van der Waals surface area contributed by atoms with E-state index in [9.17, 15) is 4.79 Å². The first-order valence-electron chi connectivity index (χ1n) is 8.08. The van der Waals surface area contributed by atoms with E-state index >= 15 is 0 Å². The van der Waals surface area contributed by atoms with Gasteiger partial charge in [-0.05, 0) is 24.8 Å². The molecule has 0 aliphatic carbocycles. The van der Waals surface area contributed by atoms with Crippen molar-refractivity contribution in [2.45, 2.75) is 32.7 Å². The molecule has 1 aliphatic rings. The number of amides is 1. The number of aromatic nitrogens is 2. The molecule has 0 bridgehead atoms. The van der Waals surface area contributed by atoms with Crippen LogP contribution >= 0.6 is 11.3 Å². The lowest BCUT2D eigenvalue weighted by Gasteiger charge is -2.25. The van der Waals surface area contributed by atoms with E-state index < -0.39 is 0 Å². The maximum atomic E-state index is 11.9. The lowest BCUT2D eigenvalue weighted by molar-refractivity contribution is -0.130. The minimum Gasteiger partial charge on any atom is -0.341 e. The summed E-state index contributed by atoms with van der Waals surface area (Å²) in [6.07, 6.45) is 1.55. The summed E-state index contributed by atoms with van der Waals surface area (Å²) < 4.78 is 5.46. The lowest BCUT2D eigenvalue weighted by atomic mass is 10.2. The van der Waals surface area contributed by atoms with Gasteiger partial charge in [0.1, 0.15) is 0 Å². The van der Waals surface area contributed by atoms with Crippen molar-refractivity contribution < 1.29 is 9.32 Å². The zero-order valence-electron chi connectivity index (χ0n) is 13.6. The van der Waals surface area contributed by atoms with E-state index in [2.05, 4.69) is 22.0 Å². The Morgan fingerprint density at radius 3 is 3.00 bits per heavy atom. The van der Waals surface area contributed by atoms with E-state index in [0.29, 0.717) is 18.1 Å². The molecule has 0 saturated carbocycles. The summed E-state index contributed by atoms with van der Waals surface area (Å²) in [6.45, 7) is 7.37. The molecule has 1 amide bonds. The number of nitrogens with zero attached hydrogens (tertiary/aromatic N) is 4. The molecule has 1 aliphatic heterocycles. The Kier molecular flexibility index (Phi) is 5.07. The first-order chi connectivity index (χ1) is 11.2. The fraction of sp³-hybridized carbons (Fsp3) is 0.562. The van der Waals surface area contributed by atoms with Gasteiger partial charge in [0.15, 0.2) is 0 Å². The molecular weight excluding hydrogens is 312 g/mol. The van der Waals surface area contributed by atoms with E-state index in [0.717, 1.165) is 37.5 Å². The third-order valence-corrected chi connectivity index (χ3v) is 5.14. The number of carbonyl (C=O) groups is 1. The fourth-order valence-electron chi connectivity index (χ4n) is 2.86. The predicted molar refractivity (Wildman–Crippen MR) is 89.1 cm³/mol. The first kappa shape index (κ1) is 16.1. The third kappa shape index (κ3) is 3.61. The number of hydrogen-bond donors (Lipinski definition) is 0. The van der Waals surface area contributed by atoms with Gasteiger partial charge in [0, 0.05) is 32.6 Å². The molecule has 124 valence electrons. The van der Waals surface area contributed by atoms with Crippen molar-refractivity contribution in [1.82, 2.24) is 19.9 Å². The smallest absolute Gasteiger partial charge is 0.244 e. The van der Waals surface area contributed by atoms with Crippen LogP contribution in [0.4, 0.5) is 0 Å². The van der Waals surface area contributed by atoms with Crippen molar-refractivity contribution in [1.29, 1.82) is 0 Å². The highest BCUT2D eigenvalue weighted by Gasteiger charge is 2.25. The average Bonchev–Trinajstić information content (AvgIpc) is 3.20. The number of carbonyl (C=O) groups excluding carboxylic acids is 1. The largest absolute Gasteiger partial charge is 0.341 e. The van der Waals surface area contributed by atoms with Crippen molar-refractivity contribution in [2.75, 3.05) is 26.2 Å². The van der Waals surface area contributed by atoms with Crippen molar-refractivity contribution in [3.8, 4) is 10.7 Å². The Morgan fingerprint density at radius 1 is 1.39 bits per heavy atom. The molecule has 0 radical (unpaired) electrons. The van der Waals surface area contributed by atoms with E-state index in [4.69, 9.17) is 4.52 Å². The minimum absolute atomic E-state index is 0.0629. The second-order valence-electron chi connectivity index (χ2n) is 5.73. The average molecular weight is 334 g/mol. The van der Waals surface area contributed by atoms with Crippen LogP contribution in [0.15, 0.2) is 22.0 Å². The summed E-state index contributed by atoms with van der Waals surface area (Å²) in [7, 11) is 0. The van der Waals surface area contributed by atoms with Crippen molar-refractivity contribution >= 4 is 17.2 Å². The van der Waals surface area contributed by atoms with Crippen LogP contribution in [-0.2, 0) is 4.79 Å². The molecule has 1 fully saturated rings. The number of hydrogen-bond acceptors (Lipinski definition) is 6. The van der Waals surface area contributed by atoms with Crippen LogP contribution in [0.25, 0.3) is 10.7 Å². The van der Waals surface area contributed by atoms with Gasteiger partial charge in [0.25, 0.3) is 0 Å². The Morgan fingerprint density at radius 2 is 2.26 bits per heavy atom. The molecule has 0 N–H and O–H groups in total. The van der Waals surface area contributed by atoms with Crippen LogP contribution in [-0.4, -0.2) is 52.0 Å². The van der Waals surface area contributed by atoms with Crippen LogP contribution < -0.4 is 0 Å². The maximum absolute atomic E-state index is 11.9. The molecule has 2 aromatic heterocycles. The van der Waals surface area contributed by atoms with Crippen molar-refractivity contribution in [2.24, 2.45) is 0 Å². The van der Waals surface area contributed by atoms with Gasteiger partial charge in [0.2, 0.25) is 17.6 Å². The van der Waals surface area contributed by atoms with Crippen LogP contribution in [0.5, 0.6) is 0 Å². The van der Waals surface area contributed by atoms with Gasteiger partial charge in [-0.15, -0.1) is 11.3 Å². The summed E-state index contributed by atoms with van der Waals surface area (Å²) in [6, 6.07) is 4.03. The maximum Gasteiger partial charge on any atom is 0.244 e. The molecule has 2 aromatic rings. The van der Waals surface area contributed by atoms with Crippen LogP contribution in [0, 0.1) is 0 Å². The lowest BCUT2D eigenvalue weighted by Crippen LogP contribution is -2.35. The highest BCUT2D eigenvalue weighted by atomic mass is 32.1. The van der Waals surface area contributed by atoms with E-state index in [-0.39, 0.29) is 11.9 Å². The molecule has 6 nitrogen and oxygen atoms in total.